The number of benzene rings is 1. The van der Waals surface area contributed by atoms with Gasteiger partial charge in [-0.05, 0) is 53.4 Å². The van der Waals surface area contributed by atoms with Crippen LogP contribution in [0.1, 0.15) is 19.3 Å². The highest BCUT2D eigenvalue weighted by Crippen LogP contribution is 2.22. The Morgan fingerprint density at radius 1 is 1.29 bits per heavy atom. The molecule has 116 valence electrons. The van der Waals surface area contributed by atoms with E-state index < -0.39 is 15.8 Å². The number of carbonyl (C=O) groups excluding carboxylic acids is 1. The van der Waals surface area contributed by atoms with E-state index in [1.54, 1.807) is 4.90 Å². The molecular formula is C13H16BrFN2O3S. The van der Waals surface area contributed by atoms with E-state index in [-0.39, 0.29) is 21.8 Å². The number of amides is 1. The maximum atomic E-state index is 13.0. The lowest BCUT2D eigenvalue weighted by molar-refractivity contribution is -0.130. The molecule has 0 aliphatic carbocycles. The van der Waals surface area contributed by atoms with Crippen LogP contribution < -0.4 is 4.72 Å². The molecule has 0 atom stereocenters. The fraction of sp³-hybridized carbons (Fsp3) is 0.462. The summed E-state index contributed by atoms with van der Waals surface area (Å²) < 4.78 is 39.6. The first-order chi connectivity index (χ1) is 9.90. The number of nitrogens with one attached hydrogen (secondary N) is 1. The summed E-state index contributed by atoms with van der Waals surface area (Å²) in [6.07, 6.45) is 2.99. The molecule has 0 spiro atoms. The predicted octanol–water partition coefficient (Wildman–Crippen LogP) is 1.88. The second-order valence-electron chi connectivity index (χ2n) is 4.84. The second-order valence-corrected chi connectivity index (χ2v) is 7.43. The SMILES string of the molecule is O=C(CNS(=O)(=O)c1ccc(F)cc1Br)N1CCCCC1. The van der Waals surface area contributed by atoms with E-state index in [9.17, 15) is 17.6 Å². The van der Waals surface area contributed by atoms with Crippen LogP contribution in [0.5, 0.6) is 0 Å². The van der Waals surface area contributed by atoms with Crippen molar-refractivity contribution in [1.82, 2.24) is 9.62 Å². The fourth-order valence-corrected chi connectivity index (χ4v) is 4.20. The van der Waals surface area contributed by atoms with E-state index in [0.717, 1.165) is 37.5 Å². The van der Waals surface area contributed by atoms with Crippen LogP contribution in [0, 0.1) is 5.82 Å². The third-order valence-corrected chi connectivity index (χ3v) is 5.68. The number of sulfonamides is 1. The highest BCUT2D eigenvalue weighted by Gasteiger charge is 2.22. The van der Waals surface area contributed by atoms with E-state index in [4.69, 9.17) is 0 Å². The number of piperidine rings is 1. The smallest absolute Gasteiger partial charge is 0.242 e. The van der Waals surface area contributed by atoms with E-state index >= 15 is 0 Å². The van der Waals surface area contributed by atoms with Crippen molar-refractivity contribution in [2.45, 2.75) is 24.2 Å². The molecule has 8 heteroatoms. The minimum Gasteiger partial charge on any atom is -0.342 e. The van der Waals surface area contributed by atoms with Crippen LogP contribution in [0.4, 0.5) is 4.39 Å². The van der Waals surface area contributed by atoms with Crippen LogP contribution in [0.15, 0.2) is 27.6 Å². The van der Waals surface area contributed by atoms with Crippen molar-refractivity contribution < 1.29 is 17.6 Å². The van der Waals surface area contributed by atoms with Crippen LogP contribution >= 0.6 is 15.9 Å². The standard InChI is InChI=1S/C13H16BrFN2O3S/c14-11-8-10(15)4-5-12(11)21(19,20)16-9-13(18)17-6-2-1-3-7-17/h4-5,8,16H,1-3,6-7,9H2. The number of hydrogen-bond donors (Lipinski definition) is 1. The third kappa shape index (κ3) is 4.24. The highest BCUT2D eigenvalue weighted by atomic mass is 79.9. The molecule has 0 saturated carbocycles. The van der Waals surface area contributed by atoms with Gasteiger partial charge in [-0.1, -0.05) is 0 Å². The van der Waals surface area contributed by atoms with Gasteiger partial charge in [0.25, 0.3) is 0 Å². The minimum atomic E-state index is -3.85. The summed E-state index contributed by atoms with van der Waals surface area (Å²) in [4.78, 5) is 13.5. The van der Waals surface area contributed by atoms with Crippen molar-refractivity contribution in [2.75, 3.05) is 19.6 Å². The number of halogens is 2. The van der Waals surface area contributed by atoms with Gasteiger partial charge in [0, 0.05) is 17.6 Å². The van der Waals surface area contributed by atoms with Crippen LogP contribution in [0.3, 0.4) is 0 Å². The molecule has 1 N–H and O–H groups in total. The zero-order valence-corrected chi connectivity index (χ0v) is 13.7. The summed E-state index contributed by atoms with van der Waals surface area (Å²) in [5.74, 6) is -0.776. The van der Waals surface area contributed by atoms with Crippen LogP contribution in [0.2, 0.25) is 0 Å². The molecule has 5 nitrogen and oxygen atoms in total. The molecule has 0 unspecified atom stereocenters. The predicted molar refractivity (Wildman–Crippen MR) is 79.7 cm³/mol. The van der Waals surface area contributed by atoms with Crippen molar-refractivity contribution in [2.24, 2.45) is 0 Å². The number of rotatable bonds is 4. The first-order valence-electron chi connectivity index (χ1n) is 6.62. The summed E-state index contributed by atoms with van der Waals surface area (Å²) in [5, 5.41) is 0. The van der Waals surface area contributed by atoms with Gasteiger partial charge in [-0.2, -0.15) is 0 Å². The van der Waals surface area contributed by atoms with Crippen molar-refractivity contribution in [1.29, 1.82) is 0 Å². The normalized spacial score (nSPS) is 16.0. The molecule has 1 aliphatic rings. The van der Waals surface area contributed by atoms with Crippen molar-refractivity contribution in [3.8, 4) is 0 Å². The summed E-state index contributed by atoms with van der Waals surface area (Å²) in [6, 6.07) is 3.29. The maximum Gasteiger partial charge on any atom is 0.242 e. The lowest BCUT2D eigenvalue weighted by Gasteiger charge is -2.26. The van der Waals surface area contributed by atoms with Crippen LogP contribution in [0.25, 0.3) is 0 Å². The van der Waals surface area contributed by atoms with Gasteiger partial charge in [0.05, 0.1) is 11.4 Å². The first kappa shape index (κ1) is 16.4. The number of hydrogen-bond acceptors (Lipinski definition) is 3. The van der Waals surface area contributed by atoms with E-state index in [2.05, 4.69) is 20.7 Å². The van der Waals surface area contributed by atoms with E-state index in [0.29, 0.717) is 13.1 Å². The highest BCUT2D eigenvalue weighted by molar-refractivity contribution is 9.10. The van der Waals surface area contributed by atoms with Gasteiger partial charge < -0.3 is 4.90 Å². The Labute approximate surface area is 131 Å². The molecular weight excluding hydrogens is 363 g/mol. The number of likely N-dealkylation sites (tertiary alicyclic amines) is 1. The Morgan fingerprint density at radius 3 is 2.57 bits per heavy atom. The number of nitrogens with zero attached hydrogens (tertiary/aromatic N) is 1. The van der Waals surface area contributed by atoms with Gasteiger partial charge in [-0.25, -0.2) is 17.5 Å². The monoisotopic (exact) mass is 378 g/mol. The van der Waals surface area contributed by atoms with Gasteiger partial charge in [-0.15, -0.1) is 0 Å². The Bertz CT molecular complexity index is 630. The molecule has 0 radical (unpaired) electrons. The molecule has 1 heterocycles. The molecule has 1 saturated heterocycles. The molecule has 1 aliphatic heterocycles. The molecule has 0 bridgehead atoms. The van der Waals surface area contributed by atoms with E-state index in [1.807, 2.05) is 0 Å². The molecule has 1 amide bonds. The lowest BCUT2D eigenvalue weighted by Crippen LogP contribution is -2.42. The molecule has 21 heavy (non-hydrogen) atoms. The average Bonchev–Trinajstić information content (AvgIpc) is 2.45. The lowest BCUT2D eigenvalue weighted by atomic mass is 10.1. The average molecular weight is 379 g/mol. The number of carbonyl (C=O) groups is 1. The Morgan fingerprint density at radius 2 is 1.95 bits per heavy atom. The van der Waals surface area contributed by atoms with Crippen LogP contribution in [-0.4, -0.2) is 38.9 Å². The molecule has 2 rings (SSSR count). The summed E-state index contributed by atoms with van der Waals surface area (Å²) >= 11 is 3.01. The van der Waals surface area contributed by atoms with Gasteiger partial charge in [0.1, 0.15) is 5.82 Å². The summed E-state index contributed by atoms with van der Waals surface area (Å²) in [5.41, 5.74) is 0. The zero-order valence-electron chi connectivity index (χ0n) is 11.3. The molecule has 0 aromatic heterocycles. The van der Waals surface area contributed by atoms with Crippen molar-refractivity contribution in [3.05, 3.63) is 28.5 Å². The van der Waals surface area contributed by atoms with Crippen LogP contribution in [-0.2, 0) is 14.8 Å². The summed E-state index contributed by atoms with van der Waals surface area (Å²) in [7, 11) is -3.85. The Hall–Kier alpha value is -0.990. The third-order valence-electron chi connectivity index (χ3n) is 3.31. The molecule has 1 fully saturated rings. The van der Waals surface area contributed by atoms with Gasteiger partial charge >= 0.3 is 0 Å². The van der Waals surface area contributed by atoms with Crippen molar-refractivity contribution >= 4 is 31.9 Å². The van der Waals surface area contributed by atoms with Crippen molar-refractivity contribution in [3.63, 3.8) is 0 Å². The Kier molecular flexibility index (Phi) is 5.34. The van der Waals surface area contributed by atoms with Gasteiger partial charge in [0.15, 0.2) is 0 Å². The Balaban J connectivity index is 2.02. The molecule has 1 aromatic carbocycles. The molecule has 1 aromatic rings. The van der Waals surface area contributed by atoms with Gasteiger partial charge in [-0.3, -0.25) is 4.79 Å². The zero-order chi connectivity index (χ0) is 15.5. The summed E-state index contributed by atoms with van der Waals surface area (Å²) in [6.45, 7) is 1.05. The topological polar surface area (TPSA) is 66.5 Å². The van der Waals surface area contributed by atoms with E-state index in [1.165, 1.54) is 0 Å². The fourth-order valence-electron chi connectivity index (χ4n) is 2.18. The van der Waals surface area contributed by atoms with Gasteiger partial charge in [0.2, 0.25) is 15.9 Å². The quantitative estimate of drug-likeness (QED) is 0.869. The second kappa shape index (κ2) is 6.85. The minimum absolute atomic E-state index is 0.0876. The maximum absolute atomic E-state index is 13.0. The largest absolute Gasteiger partial charge is 0.342 e. The first-order valence-corrected chi connectivity index (χ1v) is 8.90.